The van der Waals surface area contributed by atoms with Crippen LogP contribution in [0.3, 0.4) is 0 Å². The monoisotopic (exact) mass is 453 g/mol. The Balaban J connectivity index is 2.00. The molecular formula is C23H27F4N3O2. The van der Waals surface area contributed by atoms with Crippen molar-refractivity contribution in [1.29, 1.82) is 0 Å². The fourth-order valence-electron chi connectivity index (χ4n) is 3.24. The van der Waals surface area contributed by atoms with Crippen LogP contribution in [0.1, 0.15) is 37.9 Å². The molecule has 0 aliphatic heterocycles. The van der Waals surface area contributed by atoms with Gasteiger partial charge in [-0.15, -0.1) is 0 Å². The van der Waals surface area contributed by atoms with E-state index in [-0.39, 0.29) is 42.5 Å². The molecule has 5 nitrogen and oxygen atoms in total. The lowest BCUT2D eigenvalue weighted by Crippen LogP contribution is -2.43. The lowest BCUT2D eigenvalue weighted by Gasteiger charge is -2.25. The van der Waals surface area contributed by atoms with Crippen LogP contribution in [0, 0.1) is 11.7 Å². The Bertz CT molecular complexity index is 914. The van der Waals surface area contributed by atoms with Crippen molar-refractivity contribution in [2.45, 2.75) is 33.0 Å². The number of nitrogens with zero attached hydrogens (tertiary/aromatic N) is 1. The number of carbonyl (C=O) groups is 2. The van der Waals surface area contributed by atoms with Gasteiger partial charge in [-0.1, -0.05) is 45.0 Å². The Hall–Kier alpha value is -2.94. The first-order chi connectivity index (χ1) is 15.0. The Morgan fingerprint density at radius 2 is 1.56 bits per heavy atom. The molecule has 2 N–H and O–H groups in total. The third kappa shape index (κ3) is 7.33. The highest BCUT2D eigenvalue weighted by Gasteiger charge is 2.33. The molecule has 9 heteroatoms. The number of benzene rings is 2. The van der Waals surface area contributed by atoms with Gasteiger partial charge in [0.15, 0.2) is 0 Å². The van der Waals surface area contributed by atoms with Gasteiger partial charge in [0.2, 0.25) is 11.8 Å². The number of anilines is 1. The van der Waals surface area contributed by atoms with Crippen LogP contribution < -0.4 is 10.6 Å². The van der Waals surface area contributed by atoms with Crippen LogP contribution in [0.15, 0.2) is 48.5 Å². The number of hydrogen-bond donors (Lipinski definition) is 2. The molecule has 0 saturated heterocycles. The van der Waals surface area contributed by atoms with Gasteiger partial charge in [0, 0.05) is 0 Å². The zero-order chi connectivity index (χ0) is 23.9. The number of likely N-dealkylation sites (N-methyl/N-ethyl adjacent to an activating group) is 1. The molecule has 174 valence electrons. The van der Waals surface area contributed by atoms with Gasteiger partial charge in [-0.05, 0) is 42.3 Å². The highest BCUT2D eigenvalue weighted by molar-refractivity contribution is 5.93. The van der Waals surface area contributed by atoms with E-state index in [4.69, 9.17) is 0 Å². The number of halogens is 4. The van der Waals surface area contributed by atoms with E-state index in [1.54, 1.807) is 19.1 Å². The van der Waals surface area contributed by atoms with E-state index in [1.807, 2.05) is 13.8 Å². The van der Waals surface area contributed by atoms with E-state index in [2.05, 4.69) is 10.6 Å². The summed E-state index contributed by atoms with van der Waals surface area (Å²) in [6, 6.07) is 10.2. The smallest absolute Gasteiger partial charge is 0.348 e. The third-order valence-corrected chi connectivity index (χ3v) is 4.90. The second kappa shape index (κ2) is 11.1. The van der Waals surface area contributed by atoms with Crippen molar-refractivity contribution < 1.29 is 27.2 Å². The zero-order valence-electron chi connectivity index (χ0n) is 18.2. The van der Waals surface area contributed by atoms with Gasteiger partial charge in [-0.2, -0.15) is 13.2 Å². The Labute approximate surface area is 184 Å². The summed E-state index contributed by atoms with van der Waals surface area (Å²) < 4.78 is 52.5. The fourth-order valence-corrected chi connectivity index (χ4v) is 3.24. The molecule has 0 bridgehead atoms. The number of carbonyl (C=O) groups excluding carboxylic acids is 2. The SMILES string of the molecule is CCN(CC(=O)Nc1ccccc1C(F)(F)F)CC(=O)NC(c1ccc(F)cc1)C(C)C. The quantitative estimate of drug-likeness (QED) is 0.545. The van der Waals surface area contributed by atoms with Crippen molar-refractivity contribution in [1.82, 2.24) is 10.2 Å². The predicted molar refractivity (Wildman–Crippen MR) is 114 cm³/mol. The minimum absolute atomic E-state index is 0.0293. The third-order valence-electron chi connectivity index (χ3n) is 4.90. The van der Waals surface area contributed by atoms with Crippen molar-refractivity contribution in [3.8, 4) is 0 Å². The minimum atomic E-state index is -4.60. The first-order valence-electron chi connectivity index (χ1n) is 10.2. The number of para-hydroxylation sites is 1. The maximum atomic E-state index is 13.2. The summed E-state index contributed by atoms with van der Waals surface area (Å²) in [6.45, 7) is 5.54. The van der Waals surface area contributed by atoms with E-state index in [0.717, 1.165) is 11.6 Å². The van der Waals surface area contributed by atoms with Gasteiger partial charge in [0.25, 0.3) is 0 Å². The lowest BCUT2D eigenvalue weighted by atomic mass is 9.96. The molecule has 2 rings (SSSR count). The standard InChI is InChI=1S/C23H27F4N3O2/c1-4-30(13-20(31)28-19-8-6-5-7-18(19)23(25,26)27)14-21(32)29-22(15(2)3)16-9-11-17(24)12-10-16/h5-12,15,22H,4,13-14H2,1-3H3,(H,28,31)(H,29,32). The van der Waals surface area contributed by atoms with E-state index in [9.17, 15) is 27.2 Å². The van der Waals surface area contributed by atoms with Gasteiger partial charge in [0.1, 0.15) is 5.82 Å². The predicted octanol–water partition coefficient (Wildman–Crippen LogP) is 4.62. The van der Waals surface area contributed by atoms with Crippen LogP contribution in [0.5, 0.6) is 0 Å². The van der Waals surface area contributed by atoms with Crippen molar-refractivity contribution >= 4 is 17.5 Å². The largest absolute Gasteiger partial charge is 0.418 e. The minimum Gasteiger partial charge on any atom is -0.348 e. The molecule has 0 aliphatic rings. The number of amides is 2. The van der Waals surface area contributed by atoms with Crippen molar-refractivity contribution in [3.63, 3.8) is 0 Å². The summed E-state index contributed by atoms with van der Waals surface area (Å²) in [5.41, 5.74) is -0.519. The van der Waals surface area contributed by atoms with E-state index in [1.165, 1.54) is 35.2 Å². The summed E-state index contributed by atoms with van der Waals surface area (Å²) in [5.74, 6) is -1.35. The summed E-state index contributed by atoms with van der Waals surface area (Å²) >= 11 is 0. The average Bonchev–Trinajstić information content (AvgIpc) is 2.71. The molecule has 0 radical (unpaired) electrons. The van der Waals surface area contributed by atoms with Gasteiger partial charge in [0.05, 0.1) is 30.4 Å². The molecule has 0 aliphatic carbocycles. The Kier molecular flexibility index (Phi) is 8.77. The van der Waals surface area contributed by atoms with Crippen molar-refractivity contribution in [2.75, 3.05) is 25.0 Å². The highest BCUT2D eigenvalue weighted by atomic mass is 19.4. The van der Waals surface area contributed by atoms with Gasteiger partial charge < -0.3 is 10.6 Å². The fraction of sp³-hybridized carbons (Fsp3) is 0.391. The van der Waals surface area contributed by atoms with E-state index < -0.39 is 17.6 Å². The van der Waals surface area contributed by atoms with Gasteiger partial charge in [-0.3, -0.25) is 14.5 Å². The number of rotatable bonds is 9. The van der Waals surface area contributed by atoms with Crippen LogP contribution in [0.4, 0.5) is 23.2 Å². The van der Waals surface area contributed by atoms with Crippen LogP contribution in [0.25, 0.3) is 0 Å². The van der Waals surface area contributed by atoms with E-state index >= 15 is 0 Å². The van der Waals surface area contributed by atoms with Gasteiger partial charge >= 0.3 is 6.18 Å². The molecular weight excluding hydrogens is 426 g/mol. The molecule has 2 aromatic rings. The van der Waals surface area contributed by atoms with Crippen LogP contribution >= 0.6 is 0 Å². The van der Waals surface area contributed by atoms with Gasteiger partial charge in [-0.25, -0.2) is 4.39 Å². The van der Waals surface area contributed by atoms with Crippen molar-refractivity contribution in [3.05, 3.63) is 65.5 Å². The average molecular weight is 453 g/mol. The molecule has 0 heterocycles. The molecule has 0 spiro atoms. The second-order valence-corrected chi connectivity index (χ2v) is 7.74. The number of nitrogens with one attached hydrogen (secondary N) is 2. The van der Waals surface area contributed by atoms with Crippen LogP contribution in [-0.2, 0) is 15.8 Å². The molecule has 32 heavy (non-hydrogen) atoms. The normalized spacial score (nSPS) is 12.7. The maximum absolute atomic E-state index is 13.2. The topological polar surface area (TPSA) is 61.4 Å². The summed E-state index contributed by atoms with van der Waals surface area (Å²) in [5, 5.41) is 5.16. The summed E-state index contributed by atoms with van der Waals surface area (Å²) in [7, 11) is 0. The van der Waals surface area contributed by atoms with Crippen LogP contribution in [0.2, 0.25) is 0 Å². The second-order valence-electron chi connectivity index (χ2n) is 7.74. The molecule has 1 atom stereocenters. The van der Waals surface area contributed by atoms with E-state index in [0.29, 0.717) is 6.54 Å². The molecule has 0 fully saturated rings. The molecule has 2 aromatic carbocycles. The first kappa shape index (κ1) is 25.3. The maximum Gasteiger partial charge on any atom is 0.418 e. The van der Waals surface area contributed by atoms with Crippen LogP contribution in [-0.4, -0.2) is 36.3 Å². The first-order valence-corrected chi connectivity index (χ1v) is 10.2. The number of alkyl halides is 3. The lowest BCUT2D eigenvalue weighted by molar-refractivity contribution is -0.137. The summed E-state index contributed by atoms with van der Waals surface area (Å²) in [6.07, 6.45) is -4.60. The number of hydrogen-bond acceptors (Lipinski definition) is 3. The molecule has 1 unspecified atom stereocenters. The van der Waals surface area contributed by atoms with Crippen molar-refractivity contribution in [2.24, 2.45) is 5.92 Å². The highest BCUT2D eigenvalue weighted by Crippen LogP contribution is 2.34. The molecule has 0 aromatic heterocycles. The Morgan fingerprint density at radius 3 is 2.12 bits per heavy atom. The molecule has 2 amide bonds. The zero-order valence-corrected chi connectivity index (χ0v) is 18.2. The summed E-state index contributed by atoms with van der Waals surface area (Å²) in [4.78, 5) is 26.4. The Morgan fingerprint density at radius 1 is 0.969 bits per heavy atom. The molecule has 0 saturated carbocycles.